The molecule has 0 unspecified atom stereocenters. The minimum atomic E-state index is -3.78. The average molecular weight is 399 g/mol. The Morgan fingerprint density at radius 1 is 1.36 bits per heavy atom. The maximum Gasteiger partial charge on any atom is 0.262 e. The van der Waals surface area contributed by atoms with Crippen LogP contribution in [0.3, 0.4) is 0 Å². The summed E-state index contributed by atoms with van der Waals surface area (Å²) in [5.74, 6) is 0.0194. The monoisotopic (exact) mass is 398 g/mol. The Balaban J connectivity index is 1.72. The van der Waals surface area contributed by atoms with E-state index in [4.69, 9.17) is 16.3 Å². The number of fused-ring (bicyclic) bond motifs is 1. The van der Waals surface area contributed by atoms with Crippen LogP contribution in [0, 0.1) is 0 Å². The van der Waals surface area contributed by atoms with Crippen LogP contribution < -0.4 is 10.1 Å². The summed E-state index contributed by atoms with van der Waals surface area (Å²) in [6, 6.07) is 6.65. The fraction of sp³-hybridized carbons (Fsp3) is 0.312. The SMILES string of the molecule is O=C1COc2cc(S(=O)(=O)N(Cc3cccs3)C3CC3)c(Cl)cc2N1. The van der Waals surface area contributed by atoms with E-state index in [0.29, 0.717) is 18.0 Å². The molecule has 2 heterocycles. The highest BCUT2D eigenvalue weighted by atomic mass is 35.5. The number of sulfonamides is 1. The first-order chi connectivity index (χ1) is 11.9. The normalized spacial score (nSPS) is 17.1. The van der Waals surface area contributed by atoms with Gasteiger partial charge < -0.3 is 10.1 Å². The van der Waals surface area contributed by atoms with Gasteiger partial charge in [0.25, 0.3) is 5.91 Å². The van der Waals surface area contributed by atoms with Crippen molar-refractivity contribution in [2.75, 3.05) is 11.9 Å². The highest BCUT2D eigenvalue weighted by Gasteiger charge is 2.39. The number of ether oxygens (including phenoxy) is 1. The number of carbonyl (C=O) groups excluding carboxylic acids is 1. The fourth-order valence-corrected chi connectivity index (χ4v) is 5.70. The maximum absolute atomic E-state index is 13.2. The molecule has 4 rings (SSSR count). The summed E-state index contributed by atoms with van der Waals surface area (Å²) >= 11 is 7.76. The van der Waals surface area contributed by atoms with Crippen molar-refractivity contribution in [1.29, 1.82) is 0 Å². The summed E-state index contributed by atoms with van der Waals surface area (Å²) in [5, 5.41) is 4.62. The molecule has 1 aromatic carbocycles. The molecule has 1 saturated carbocycles. The third-order valence-electron chi connectivity index (χ3n) is 4.10. The number of amides is 1. The summed E-state index contributed by atoms with van der Waals surface area (Å²) in [4.78, 5) is 12.4. The van der Waals surface area contributed by atoms with Crippen molar-refractivity contribution in [2.45, 2.75) is 30.3 Å². The first-order valence-electron chi connectivity index (χ1n) is 7.75. The molecule has 1 fully saturated rings. The second kappa shape index (κ2) is 6.28. The van der Waals surface area contributed by atoms with E-state index in [0.717, 1.165) is 17.7 Å². The summed E-state index contributed by atoms with van der Waals surface area (Å²) in [7, 11) is -3.78. The zero-order chi connectivity index (χ0) is 17.6. The number of halogens is 1. The molecule has 0 saturated heterocycles. The minimum absolute atomic E-state index is 0.000166. The lowest BCUT2D eigenvalue weighted by Gasteiger charge is -2.24. The average Bonchev–Trinajstić information content (AvgIpc) is 3.27. The van der Waals surface area contributed by atoms with Gasteiger partial charge in [-0.25, -0.2) is 8.42 Å². The molecule has 0 bridgehead atoms. The van der Waals surface area contributed by atoms with Gasteiger partial charge in [-0.05, 0) is 30.4 Å². The molecule has 6 nitrogen and oxygen atoms in total. The third kappa shape index (κ3) is 3.27. The van der Waals surface area contributed by atoms with Gasteiger partial charge in [0, 0.05) is 23.5 Å². The molecule has 2 aromatic rings. The third-order valence-corrected chi connectivity index (χ3v) is 7.32. The number of thiophene rings is 1. The van der Waals surface area contributed by atoms with E-state index in [9.17, 15) is 13.2 Å². The number of hydrogen-bond donors (Lipinski definition) is 1. The predicted octanol–water partition coefficient (Wildman–Crippen LogP) is 3.09. The first-order valence-corrected chi connectivity index (χ1v) is 10.5. The number of carbonyl (C=O) groups is 1. The Morgan fingerprint density at radius 2 is 2.16 bits per heavy atom. The van der Waals surface area contributed by atoms with Crippen LogP contribution in [-0.4, -0.2) is 31.3 Å². The first kappa shape index (κ1) is 16.8. The van der Waals surface area contributed by atoms with Crippen LogP contribution in [0.15, 0.2) is 34.5 Å². The molecule has 1 amide bonds. The fourth-order valence-electron chi connectivity index (χ4n) is 2.73. The highest BCUT2D eigenvalue weighted by molar-refractivity contribution is 7.89. The van der Waals surface area contributed by atoms with Crippen LogP contribution >= 0.6 is 22.9 Å². The van der Waals surface area contributed by atoms with Gasteiger partial charge in [0.2, 0.25) is 10.0 Å². The van der Waals surface area contributed by atoms with Crippen molar-refractivity contribution in [1.82, 2.24) is 4.31 Å². The molecule has 1 aromatic heterocycles. The van der Waals surface area contributed by atoms with Crippen LogP contribution in [0.1, 0.15) is 17.7 Å². The summed E-state index contributed by atoms with van der Waals surface area (Å²) in [6.45, 7) is 0.186. The lowest BCUT2D eigenvalue weighted by molar-refractivity contribution is -0.118. The molecule has 1 aliphatic carbocycles. The molecule has 0 radical (unpaired) electrons. The van der Waals surface area contributed by atoms with E-state index >= 15 is 0 Å². The summed E-state index contributed by atoms with van der Waals surface area (Å²) < 4.78 is 33.3. The van der Waals surface area contributed by atoms with Crippen LogP contribution in [0.4, 0.5) is 5.69 Å². The molecule has 132 valence electrons. The standard InChI is InChI=1S/C16H15ClN2O4S2/c17-12-6-13-14(23-9-16(20)18-13)7-15(12)25(21,22)19(10-3-4-10)8-11-2-1-5-24-11/h1-2,5-7,10H,3-4,8-9H2,(H,18,20). The van der Waals surface area contributed by atoms with E-state index in [2.05, 4.69) is 5.32 Å². The molecule has 1 N–H and O–H groups in total. The van der Waals surface area contributed by atoms with Crippen LogP contribution in [0.2, 0.25) is 5.02 Å². The Hall–Kier alpha value is -1.61. The quantitative estimate of drug-likeness (QED) is 0.839. The smallest absolute Gasteiger partial charge is 0.262 e. The van der Waals surface area contributed by atoms with Gasteiger partial charge in [-0.1, -0.05) is 17.7 Å². The lowest BCUT2D eigenvalue weighted by atomic mass is 10.2. The number of rotatable bonds is 5. The van der Waals surface area contributed by atoms with E-state index in [-0.39, 0.29) is 28.5 Å². The summed E-state index contributed by atoms with van der Waals surface area (Å²) in [5.41, 5.74) is 0.386. The van der Waals surface area contributed by atoms with Gasteiger partial charge >= 0.3 is 0 Å². The van der Waals surface area contributed by atoms with Crippen molar-refractivity contribution in [3.8, 4) is 5.75 Å². The molecule has 9 heteroatoms. The van der Waals surface area contributed by atoms with Crippen LogP contribution in [0.25, 0.3) is 0 Å². The number of nitrogens with zero attached hydrogens (tertiary/aromatic N) is 1. The topological polar surface area (TPSA) is 75.7 Å². The maximum atomic E-state index is 13.2. The number of hydrogen-bond acceptors (Lipinski definition) is 5. The lowest BCUT2D eigenvalue weighted by Crippen LogP contribution is -2.33. The Bertz CT molecular complexity index is 924. The van der Waals surface area contributed by atoms with Crippen molar-refractivity contribution in [2.24, 2.45) is 0 Å². The molecular weight excluding hydrogens is 384 g/mol. The second-order valence-electron chi connectivity index (χ2n) is 5.98. The van der Waals surface area contributed by atoms with E-state index in [1.807, 2.05) is 17.5 Å². The minimum Gasteiger partial charge on any atom is -0.482 e. The zero-order valence-corrected chi connectivity index (χ0v) is 15.5. The Morgan fingerprint density at radius 3 is 2.84 bits per heavy atom. The number of nitrogens with one attached hydrogen (secondary N) is 1. The van der Waals surface area contributed by atoms with E-state index in [1.54, 1.807) is 0 Å². The van der Waals surface area contributed by atoms with Gasteiger partial charge in [0.05, 0.1) is 10.7 Å². The van der Waals surface area contributed by atoms with E-state index < -0.39 is 10.0 Å². The number of benzene rings is 1. The second-order valence-corrected chi connectivity index (χ2v) is 9.27. The largest absolute Gasteiger partial charge is 0.482 e. The Labute approximate surface area is 154 Å². The number of anilines is 1. The molecule has 0 spiro atoms. The van der Waals surface area contributed by atoms with Crippen molar-refractivity contribution < 1.29 is 17.9 Å². The van der Waals surface area contributed by atoms with Gasteiger partial charge in [-0.15, -0.1) is 11.3 Å². The molecule has 0 atom stereocenters. The van der Waals surface area contributed by atoms with Gasteiger partial charge in [0.1, 0.15) is 10.6 Å². The summed E-state index contributed by atoms with van der Waals surface area (Å²) in [6.07, 6.45) is 1.69. The molecule has 2 aliphatic rings. The van der Waals surface area contributed by atoms with Crippen molar-refractivity contribution in [3.63, 3.8) is 0 Å². The van der Waals surface area contributed by atoms with Gasteiger partial charge in [-0.2, -0.15) is 4.31 Å². The van der Waals surface area contributed by atoms with Crippen molar-refractivity contribution >= 4 is 44.6 Å². The van der Waals surface area contributed by atoms with Crippen LogP contribution in [0.5, 0.6) is 5.75 Å². The predicted molar refractivity (Wildman–Crippen MR) is 95.6 cm³/mol. The Kier molecular flexibility index (Phi) is 4.23. The zero-order valence-electron chi connectivity index (χ0n) is 13.1. The molecule has 1 aliphatic heterocycles. The van der Waals surface area contributed by atoms with E-state index in [1.165, 1.54) is 27.8 Å². The molecular formula is C16H15ClN2O4S2. The molecule has 25 heavy (non-hydrogen) atoms. The van der Waals surface area contributed by atoms with Gasteiger partial charge in [-0.3, -0.25) is 4.79 Å². The highest BCUT2D eigenvalue weighted by Crippen LogP contribution is 2.40. The van der Waals surface area contributed by atoms with Gasteiger partial charge in [0.15, 0.2) is 6.61 Å². The van der Waals surface area contributed by atoms with Crippen molar-refractivity contribution in [3.05, 3.63) is 39.5 Å². The van der Waals surface area contributed by atoms with Crippen LogP contribution in [-0.2, 0) is 21.4 Å².